The van der Waals surface area contributed by atoms with Crippen molar-refractivity contribution < 1.29 is 14.3 Å². The second-order valence-corrected chi connectivity index (χ2v) is 7.94. The monoisotopic (exact) mass is 445 g/mol. The lowest BCUT2D eigenvalue weighted by atomic mass is 9.88. The molecular weight excluding hydrogens is 418 g/mol. The topological polar surface area (TPSA) is 118 Å². The number of benzene rings is 2. The van der Waals surface area contributed by atoms with Gasteiger partial charge in [0.1, 0.15) is 6.10 Å². The summed E-state index contributed by atoms with van der Waals surface area (Å²) in [7, 11) is 0. The zero-order valence-electron chi connectivity index (χ0n) is 18.2. The van der Waals surface area contributed by atoms with Crippen LogP contribution in [0, 0.1) is 5.92 Å². The summed E-state index contributed by atoms with van der Waals surface area (Å²) in [5.41, 5.74) is 8.52. The van der Waals surface area contributed by atoms with Crippen LogP contribution in [0.15, 0.2) is 73.1 Å². The zero-order chi connectivity index (χ0) is 23.0. The first-order valence-electron chi connectivity index (χ1n) is 10.9. The molecule has 2 heterocycles. The van der Waals surface area contributed by atoms with Gasteiger partial charge in [-0.2, -0.15) is 0 Å². The highest BCUT2D eigenvalue weighted by molar-refractivity contribution is 6.07. The quantitative estimate of drug-likeness (QED) is 0.422. The lowest BCUT2D eigenvalue weighted by Crippen LogP contribution is -2.33. The minimum atomic E-state index is -0.582. The molecule has 8 heteroatoms. The number of nitrogens with one attached hydrogen (secondary N) is 3. The summed E-state index contributed by atoms with van der Waals surface area (Å²) >= 11 is 0. The predicted molar refractivity (Wildman–Crippen MR) is 128 cm³/mol. The fourth-order valence-corrected chi connectivity index (χ4v) is 3.97. The molecular formula is C25H27N5O3. The molecule has 1 unspecified atom stereocenters. The van der Waals surface area contributed by atoms with E-state index in [0.717, 1.165) is 31.5 Å². The van der Waals surface area contributed by atoms with Crippen LogP contribution in [0.25, 0.3) is 0 Å². The molecule has 4 rings (SSSR count). The van der Waals surface area contributed by atoms with Gasteiger partial charge in [0.05, 0.1) is 11.4 Å². The van der Waals surface area contributed by atoms with Gasteiger partial charge in [0.15, 0.2) is 0 Å². The number of anilines is 3. The SMILES string of the molecule is Nc1cccc(C(=O)Nc2ccccc2NC(=O)OC(c2ccncc2)C2CCNCC2)c1. The number of para-hydroxylation sites is 2. The number of ether oxygens (including phenoxy) is 1. The molecule has 1 atom stereocenters. The number of hydrogen-bond acceptors (Lipinski definition) is 6. The Labute approximate surface area is 192 Å². The molecule has 33 heavy (non-hydrogen) atoms. The van der Waals surface area contributed by atoms with E-state index in [4.69, 9.17) is 10.5 Å². The Morgan fingerprint density at radius 1 is 0.970 bits per heavy atom. The van der Waals surface area contributed by atoms with Gasteiger partial charge in [0.25, 0.3) is 5.91 Å². The maximum absolute atomic E-state index is 12.9. The van der Waals surface area contributed by atoms with Gasteiger partial charge in [-0.1, -0.05) is 18.2 Å². The Hall–Kier alpha value is -3.91. The van der Waals surface area contributed by atoms with E-state index in [-0.39, 0.29) is 17.9 Å². The summed E-state index contributed by atoms with van der Waals surface area (Å²) < 4.78 is 5.91. The Kier molecular flexibility index (Phi) is 7.16. The van der Waals surface area contributed by atoms with Gasteiger partial charge < -0.3 is 21.1 Å². The van der Waals surface area contributed by atoms with Crippen molar-refractivity contribution in [2.45, 2.75) is 18.9 Å². The number of hydrogen-bond donors (Lipinski definition) is 4. The number of nitrogens with two attached hydrogens (primary N) is 1. The first kappa shape index (κ1) is 22.3. The van der Waals surface area contributed by atoms with Crippen LogP contribution in [0.3, 0.4) is 0 Å². The first-order valence-corrected chi connectivity index (χ1v) is 10.9. The van der Waals surface area contributed by atoms with Crippen LogP contribution < -0.4 is 21.7 Å². The molecule has 0 spiro atoms. The van der Waals surface area contributed by atoms with Crippen LogP contribution in [-0.2, 0) is 4.74 Å². The van der Waals surface area contributed by atoms with E-state index in [1.165, 1.54) is 0 Å². The third kappa shape index (κ3) is 5.87. The van der Waals surface area contributed by atoms with E-state index in [2.05, 4.69) is 20.9 Å². The molecule has 1 aromatic heterocycles. The van der Waals surface area contributed by atoms with Crippen molar-refractivity contribution in [3.8, 4) is 0 Å². The maximum Gasteiger partial charge on any atom is 0.412 e. The predicted octanol–water partition coefficient (Wildman–Crippen LogP) is 4.21. The van der Waals surface area contributed by atoms with Gasteiger partial charge in [0, 0.05) is 29.6 Å². The average Bonchev–Trinajstić information content (AvgIpc) is 2.85. The van der Waals surface area contributed by atoms with Crippen LogP contribution in [0.5, 0.6) is 0 Å². The smallest absolute Gasteiger partial charge is 0.412 e. The Balaban J connectivity index is 1.48. The number of aromatic nitrogens is 1. The summed E-state index contributed by atoms with van der Waals surface area (Å²) in [6.45, 7) is 1.77. The summed E-state index contributed by atoms with van der Waals surface area (Å²) in [6, 6.07) is 17.4. The number of carbonyl (C=O) groups excluding carboxylic acids is 2. The van der Waals surface area contributed by atoms with Crippen molar-refractivity contribution in [1.82, 2.24) is 10.3 Å². The molecule has 8 nitrogen and oxygen atoms in total. The first-order chi connectivity index (χ1) is 16.1. The molecule has 1 aliphatic rings. The minimum Gasteiger partial charge on any atom is -0.441 e. The number of pyridine rings is 1. The van der Waals surface area contributed by atoms with Crippen LogP contribution in [0.4, 0.5) is 21.9 Å². The highest BCUT2D eigenvalue weighted by Crippen LogP contribution is 2.33. The third-order valence-electron chi connectivity index (χ3n) is 5.64. The van der Waals surface area contributed by atoms with E-state index < -0.39 is 6.09 Å². The van der Waals surface area contributed by atoms with E-state index >= 15 is 0 Å². The zero-order valence-corrected chi connectivity index (χ0v) is 18.2. The normalized spacial score (nSPS) is 14.8. The molecule has 2 aromatic carbocycles. The number of amides is 2. The Bertz CT molecular complexity index is 1100. The van der Waals surface area contributed by atoms with E-state index in [1.54, 1.807) is 60.9 Å². The molecule has 0 saturated carbocycles. The molecule has 170 valence electrons. The molecule has 1 saturated heterocycles. The van der Waals surface area contributed by atoms with Gasteiger partial charge in [-0.25, -0.2) is 4.79 Å². The van der Waals surface area contributed by atoms with Crippen molar-refractivity contribution >= 4 is 29.1 Å². The number of rotatable bonds is 6. The maximum atomic E-state index is 12.9. The fourth-order valence-electron chi connectivity index (χ4n) is 3.97. The Morgan fingerprint density at radius 2 is 1.67 bits per heavy atom. The second kappa shape index (κ2) is 10.6. The Morgan fingerprint density at radius 3 is 2.36 bits per heavy atom. The van der Waals surface area contributed by atoms with Crippen LogP contribution in [-0.4, -0.2) is 30.1 Å². The van der Waals surface area contributed by atoms with Crippen molar-refractivity contribution in [3.05, 3.63) is 84.2 Å². The molecule has 1 fully saturated rings. The number of nitrogens with zero attached hydrogens (tertiary/aromatic N) is 1. The van der Waals surface area contributed by atoms with Gasteiger partial charge in [-0.3, -0.25) is 15.1 Å². The largest absolute Gasteiger partial charge is 0.441 e. The summed E-state index contributed by atoms with van der Waals surface area (Å²) in [6.07, 6.45) is 4.25. The molecule has 0 aliphatic carbocycles. The second-order valence-electron chi connectivity index (χ2n) is 7.94. The summed E-state index contributed by atoms with van der Waals surface area (Å²) in [5.74, 6) is -0.118. The lowest BCUT2D eigenvalue weighted by molar-refractivity contribution is 0.0591. The number of carbonyl (C=O) groups is 2. The van der Waals surface area contributed by atoms with Crippen molar-refractivity contribution in [1.29, 1.82) is 0 Å². The van der Waals surface area contributed by atoms with Gasteiger partial charge >= 0.3 is 6.09 Å². The van der Waals surface area contributed by atoms with Crippen molar-refractivity contribution in [2.75, 3.05) is 29.5 Å². The number of piperidine rings is 1. The molecule has 0 radical (unpaired) electrons. The van der Waals surface area contributed by atoms with Crippen LogP contribution in [0.1, 0.15) is 34.9 Å². The van der Waals surface area contributed by atoms with Crippen LogP contribution >= 0.6 is 0 Å². The average molecular weight is 446 g/mol. The molecule has 3 aromatic rings. The van der Waals surface area contributed by atoms with Crippen LogP contribution in [0.2, 0.25) is 0 Å². The number of nitrogen functional groups attached to an aromatic ring is 1. The molecule has 1 aliphatic heterocycles. The van der Waals surface area contributed by atoms with Gasteiger partial charge in [-0.15, -0.1) is 0 Å². The molecule has 0 bridgehead atoms. The highest BCUT2D eigenvalue weighted by atomic mass is 16.6. The highest BCUT2D eigenvalue weighted by Gasteiger charge is 2.28. The van der Waals surface area contributed by atoms with E-state index in [9.17, 15) is 9.59 Å². The van der Waals surface area contributed by atoms with Gasteiger partial charge in [-0.05, 0) is 74.0 Å². The summed E-state index contributed by atoms with van der Waals surface area (Å²) in [5, 5.41) is 8.95. The lowest BCUT2D eigenvalue weighted by Gasteiger charge is -2.30. The van der Waals surface area contributed by atoms with Crippen molar-refractivity contribution in [2.24, 2.45) is 5.92 Å². The van der Waals surface area contributed by atoms with Crippen molar-refractivity contribution in [3.63, 3.8) is 0 Å². The van der Waals surface area contributed by atoms with E-state index in [0.29, 0.717) is 22.6 Å². The standard InChI is InChI=1S/C25H27N5O3/c26-20-5-3-4-19(16-20)24(31)29-21-6-1-2-7-22(21)30-25(32)33-23(17-8-12-27-13-9-17)18-10-14-28-15-11-18/h1-9,12-13,16,18,23,28H,10-11,14-15,26H2,(H,29,31)(H,30,32). The van der Waals surface area contributed by atoms with E-state index in [1.807, 2.05) is 12.1 Å². The third-order valence-corrected chi connectivity index (χ3v) is 5.64. The fraction of sp³-hybridized carbons (Fsp3) is 0.240. The van der Waals surface area contributed by atoms with Gasteiger partial charge in [0.2, 0.25) is 0 Å². The minimum absolute atomic E-state index is 0.206. The molecule has 2 amide bonds. The molecule has 5 N–H and O–H groups in total. The summed E-state index contributed by atoms with van der Waals surface area (Å²) in [4.78, 5) is 29.6.